The number of aliphatic hydroxyl groups excluding tert-OH is 3. The van der Waals surface area contributed by atoms with Crippen LogP contribution in [0.25, 0.3) is 0 Å². The second kappa shape index (κ2) is 13.7. The second-order valence-corrected chi connectivity index (χ2v) is 7.44. The fraction of sp³-hybridized carbons (Fsp3) is 0.900. The monoisotopic (exact) mass is 404 g/mol. The molecule has 0 spiro atoms. The molecule has 1 rings (SSSR count). The van der Waals surface area contributed by atoms with Crippen molar-refractivity contribution < 1.29 is 39.1 Å². The first-order valence-corrected chi connectivity index (χ1v) is 10.2. The molecule has 0 aromatic rings. The molecular formula is C20H36O8. The summed E-state index contributed by atoms with van der Waals surface area (Å²) in [6, 6.07) is 0. The first-order chi connectivity index (χ1) is 13.5. The van der Waals surface area contributed by atoms with Crippen molar-refractivity contribution in [1.29, 1.82) is 0 Å². The van der Waals surface area contributed by atoms with Crippen LogP contribution in [-0.2, 0) is 19.0 Å². The topological polar surface area (TPSA) is 123 Å². The summed E-state index contributed by atoms with van der Waals surface area (Å²) >= 11 is 0. The number of ether oxygens (including phenoxy) is 3. The van der Waals surface area contributed by atoms with E-state index in [0.717, 1.165) is 32.1 Å². The fourth-order valence-corrected chi connectivity index (χ4v) is 4.29. The number of carbonyl (C=O) groups excluding carboxylic acids is 2. The third-order valence-corrected chi connectivity index (χ3v) is 5.75. The average molecular weight is 405 g/mol. The number of methoxy groups -OCH3 is 1. The Morgan fingerprint density at radius 3 is 2.39 bits per heavy atom. The predicted octanol–water partition coefficient (Wildman–Crippen LogP) is 1.89. The van der Waals surface area contributed by atoms with Gasteiger partial charge in [0.1, 0.15) is 0 Å². The lowest BCUT2D eigenvalue weighted by Gasteiger charge is -2.27. The standard InChI is InChI=1S/C20H36O8/c1-3-27-20(25)28-13-14-10-16(18(23)12-22)15(17(14)11-21)8-6-4-5-7-9-19(24)26-2/h14-18,21-23H,3-13H2,1-2H3. The maximum atomic E-state index is 11.5. The molecule has 1 saturated carbocycles. The van der Waals surface area contributed by atoms with Gasteiger partial charge in [0.2, 0.25) is 0 Å². The molecule has 0 aromatic heterocycles. The summed E-state index contributed by atoms with van der Waals surface area (Å²) < 4.78 is 14.5. The highest BCUT2D eigenvalue weighted by atomic mass is 16.7. The zero-order valence-corrected chi connectivity index (χ0v) is 17.0. The number of aliphatic hydroxyl groups is 3. The number of esters is 1. The van der Waals surface area contributed by atoms with Gasteiger partial charge in [-0.15, -0.1) is 0 Å². The van der Waals surface area contributed by atoms with Crippen LogP contribution in [0.3, 0.4) is 0 Å². The van der Waals surface area contributed by atoms with Crippen LogP contribution in [0.4, 0.5) is 4.79 Å². The van der Waals surface area contributed by atoms with E-state index in [0.29, 0.717) is 12.8 Å². The van der Waals surface area contributed by atoms with Gasteiger partial charge in [-0.3, -0.25) is 4.79 Å². The SMILES string of the molecule is CCOC(=O)OCC1CC(C(O)CO)C(CCCCCCC(=O)OC)C1CO. The Hall–Kier alpha value is -1.38. The molecule has 1 aliphatic rings. The summed E-state index contributed by atoms with van der Waals surface area (Å²) in [4.78, 5) is 22.6. The van der Waals surface area contributed by atoms with Crippen molar-refractivity contribution in [3.8, 4) is 0 Å². The average Bonchev–Trinajstić information content (AvgIpc) is 3.05. The molecule has 0 amide bonds. The van der Waals surface area contributed by atoms with Gasteiger partial charge in [0.25, 0.3) is 0 Å². The summed E-state index contributed by atoms with van der Waals surface area (Å²) in [5.74, 6) is -0.482. The Kier molecular flexibility index (Phi) is 12.1. The van der Waals surface area contributed by atoms with Gasteiger partial charge in [0.15, 0.2) is 0 Å². The van der Waals surface area contributed by atoms with Crippen molar-refractivity contribution in [3.05, 3.63) is 0 Å². The first kappa shape index (κ1) is 24.7. The Morgan fingerprint density at radius 1 is 1.07 bits per heavy atom. The van der Waals surface area contributed by atoms with E-state index >= 15 is 0 Å². The molecule has 0 saturated heterocycles. The number of carbonyl (C=O) groups is 2. The highest BCUT2D eigenvalue weighted by Crippen LogP contribution is 2.45. The third kappa shape index (κ3) is 7.93. The van der Waals surface area contributed by atoms with Gasteiger partial charge in [-0.2, -0.15) is 0 Å². The highest BCUT2D eigenvalue weighted by Gasteiger charge is 2.45. The molecule has 1 aliphatic carbocycles. The van der Waals surface area contributed by atoms with E-state index in [1.807, 2.05) is 0 Å². The van der Waals surface area contributed by atoms with Crippen LogP contribution in [0.1, 0.15) is 51.9 Å². The minimum absolute atomic E-state index is 0.0450. The quantitative estimate of drug-likeness (QED) is 0.314. The van der Waals surface area contributed by atoms with Gasteiger partial charge in [-0.25, -0.2) is 4.79 Å². The van der Waals surface area contributed by atoms with Gasteiger partial charge < -0.3 is 29.5 Å². The molecule has 0 aromatic carbocycles. The van der Waals surface area contributed by atoms with Gasteiger partial charge in [-0.1, -0.05) is 19.3 Å². The third-order valence-electron chi connectivity index (χ3n) is 5.75. The fourth-order valence-electron chi connectivity index (χ4n) is 4.29. The number of hydrogen-bond donors (Lipinski definition) is 3. The van der Waals surface area contributed by atoms with Crippen LogP contribution in [0, 0.1) is 23.7 Å². The Balaban J connectivity index is 2.55. The van der Waals surface area contributed by atoms with E-state index in [2.05, 4.69) is 4.74 Å². The maximum Gasteiger partial charge on any atom is 0.508 e. The molecule has 5 unspecified atom stereocenters. The molecule has 28 heavy (non-hydrogen) atoms. The van der Waals surface area contributed by atoms with E-state index in [1.54, 1.807) is 6.92 Å². The van der Waals surface area contributed by atoms with Crippen molar-refractivity contribution in [2.45, 2.75) is 58.0 Å². The van der Waals surface area contributed by atoms with Crippen molar-refractivity contribution in [2.24, 2.45) is 23.7 Å². The van der Waals surface area contributed by atoms with Crippen molar-refractivity contribution in [1.82, 2.24) is 0 Å². The number of rotatable bonds is 13. The first-order valence-electron chi connectivity index (χ1n) is 10.2. The summed E-state index contributed by atoms with van der Waals surface area (Å²) in [5, 5.41) is 29.5. The molecule has 0 aliphatic heterocycles. The van der Waals surface area contributed by atoms with E-state index in [-0.39, 0.29) is 56.1 Å². The Labute approximate surface area is 167 Å². The van der Waals surface area contributed by atoms with Gasteiger partial charge in [0.05, 0.1) is 33.0 Å². The number of hydrogen-bond acceptors (Lipinski definition) is 8. The second-order valence-electron chi connectivity index (χ2n) is 7.44. The largest absolute Gasteiger partial charge is 0.508 e. The zero-order valence-electron chi connectivity index (χ0n) is 17.0. The van der Waals surface area contributed by atoms with Gasteiger partial charge >= 0.3 is 12.1 Å². The molecule has 8 heteroatoms. The Morgan fingerprint density at radius 2 is 1.79 bits per heavy atom. The lowest BCUT2D eigenvalue weighted by atomic mass is 9.81. The Bertz CT molecular complexity index is 455. The predicted molar refractivity (Wildman–Crippen MR) is 101 cm³/mol. The maximum absolute atomic E-state index is 11.5. The van der Waals surface area contributed by atoms with Gasteiger partial charge in [0, 0.05) is 13.0 Å². The molecule has 164 valence electrons. The van der Waals surface area contributed by atoms with Crippen molar-refractivity contribution in [3.63, 3.8) is 0 Å². The molecule has 3 N–H and O–H groups in total. The molecule has 0 bridgehead atoms. The van der Waals surface area contributed by atoms with Crippen LogP contribution < -0.4 is 0 Å². The minimum Gasteiger partial charge on any atom is -0.469 e. The zero-order chi connectivity index (χ0) is 20.9. The van der Waals surface area contributed by atoms with Crippen LogP contribution in [0.15, 0.2) is 0 Å². The molecule has 1 fully saturated rings. The van der Waals surface area contributed by atoms with E-state index in [9.17, 15) is 24.9 Å². The molecule has 8 nitrogen and oxygen atoms in total. The van der Waals surface area contributed by atoms with E-state index in [4.69, 9.17) is 9.47 Å². The van der Waals surface area contributed by atoms with Crippen LogP contribution in [0.5, 0.6) is 0 Å². The van der Waals surface area contributed by atoms with E-state index < -0.39 is 12.3 Å². The van der Waals surface area contributed by atoms with Crippen molar-refractivity contribution >= 4 is 12.1 Å². The van der Waals surface area contributed by atoms with Crippen molar-refractivity contribution in [2.75, 3.05) is 33.5 Å². The lowest BCUT2D eigenvalue weighted by Crippen LogP contribution is -2.30. The summed E-state index contributed by atoms with van der Waals surface area (Å²) in [6.45, 7) is 1.68. The molecule has 5 atom stereocenters. The lowest BCUT2D eigenvalue weighted by molar-refractivity contribution is -0.140. The van der Waals surface area contributed by atoms with Crippen LogP contribution in [-0.4, -0.2) is 67.1 Å². The van der Waals surface area contributed by atoms with E-state index in [1.165, 1.54) is 7.11 Å². The van der Waals surface area contributed by atoms with Crippen LogP contribution in [0.2, 0.25) is 0 Å². The highest BCUT2D eigenvalue weighted by molar-refractivity contribution is 5.68. The summed E-state index contributed by atoms with van der Waals surface area (Å²) in [6.07, 6.45) is 3.76. The molecule has 0 heterocycles. The molecule has 0 radical (unpaired) electrons. The normalized spacial score (nSPS) is 25.3. The summed E-state index contributed by atoms with van der Waals surface area (Å²) in [7, 11) is 1.38. The minimum atomic E-state index is -0.856. The smallest absolute Gasteiger partial charge is 0.469 e. The molecular weight excluding hydrogens is 368 g/mol. The van der Waals surface area contributed by atoms with Crippen LogP contribution >= 0.6 is 0 Å². The number of unbranched alkanes of at least 4 members (excludes halogenated alkanes) is 3. The van der Waals surface area contributed by atoms with Gasteiger partial charge in [-0.05, 0) is 49.9 Å². The summed E-state index contributed by atoms with van der Waals surface area (Å²) in [5.41, 5.74) is 0.